The second-order valence-corrected chi connectivity index (χ2v) is 4.20. The number of nitrogens with zero attached hydrogens (tertiary/aromatic N) is 2. The monoisotopic (exact) mass is 233 g/mol. The Labute approximate surface area is 102 Å². The summed E-state index contributed by atoms with van der Waals surface area (Å²) in [7, 11) is 0. The summed E-state index contributed by atoms with van der Waals surface area (Å²) in [5, 5.41) is 7.65. The quantitative estimate of drug-likeness (QED) is 0.779. The number of nitrogens with one attached hydrogen (secondary N) is 1. The molecule has 0 atom stereocenters. The Kier molecular flexibility index (Phi) is 3.98. The molecule has 2 aromatic rings. The Balaban J connectivity index is 1.89. The van der Waals surface area contributed by atoms with Crippen LogP contribution in [0.4, 0.5) is 0 Å². The number of hydrogen-bond acceptors (Lipinski definition) is 3. The van der Waals surface area contributed by atoms with Crippen molar-refractivity contribution in [1.82, 2.24) is 15.1 Å². The minimum atomic E-state index is 0.696. The fourth-order valence-corrected chi connectivity index (χ4v) is 1.70. The average Bonchev–Trinajstić information content (AvgIpc) is 2.90. The molecule has 0 bridgehead atoms. The first-order valence-electron chi connectivity index (χ1n) is 6.06. The molecule has 0 aliphatic carbocycles. The van der Waals surface area contributed by atoms with E-state index in [-0.39, 0.29) is 0 Å². The molecule has 2 aromatic heterocycles. The van der Waals surface area contributed by atoms with Crippen molar-refractivity contribution in [3.05, 3.63) is 41.6 Å². The van der Waals surface area contributed by atoms with Crippen LogP contribution in [0, 0.1) is 6.92 Å². The number of aromatic nitrogens is 2. The number of hydrogen-bond donors (Lipinski definition) is 1. The van der Waals surface area contributed by atoms with Gasteiger partial charge in [0.15, 0.2) is 0 Å². The molecule has 0 amide bonds. The second kappa shape index (κ2) is 5.68. The predicted octanol–water partition coefficient (Wildman–Crippen LogP) is 2.33. The molecule has 0 spiro atoms. The molecule has 0 aromatic carbocycles. The van der Waals surface area contributed by atoms with Gasteiger partial charge in [-0.1, -0.05) is 6.92 Å². The maximum absolute atomic E-state index is 5.72. The van der Waals surface area contributed by atoms with Crippen LogP contribution in [0.5, 0.6) is 0 Å². The van der Waals surface area contributed by atoms with E-state index < -0.39 is 0 Å². The standard InChI is InChI=1S/C13H19N3O/c1-3-7-14-9-12-4-5-13(17-12)10-16-8-6-11(2)15-16/h4-6,8,14H,3,7,9-10H2,1-2H3. The summed E-state index contributed by atoms with van der Waals surface area (Å²) in [5.74, 6) is 1.93. The second-order valence-electron chi connectivity index (χ2n) is 4.20. The van der Waals surface area contributed by atoms with Gasteiger partial charge in [-0.25, -0.2) is 0 Å². The molecule has 2 heterocycles. The predicted molar refractivity (Wildman–Crippen MR) is 66.8 cm³/mol. The molecule has 92 valence electrons. The summed E-state index contributed by atoms with van der Waals surface area (Å²) in [4.78, 5) is 0. The molecule has 4 nitrogen and oxygen atoms in total. The molecule has 0 saturated carbocycles. The van der Waals surface area contributed by atoms with E-state index in [4.69, 9.17) is 4.42 Å². The molecule has 2 rings (SSSR count). The van der Waals surface area contributed by atoms with Gasteiger partial charge in [-0.3, -0.25) is 4.68 Å². The van der Waals surface area contributed by atoms with Gasteiger partial charge in [0.25, 0.3) is 0 Å². The Morgan fingerprint density at radius 1 is 1.29 bits per heavy atom. The largest absolute Gasteiger partial charge is 0.463 e. The topological polar surface area (TPSA) is 43.0 Å². The molecular formula is C13H19N3O. The van der Waals surface area contributed by atoms with E-state index in [1.807, 2.05) is 36.0 Å². The van der Waals surface area contributed by atoms with Crippen LogP contribution in [0.1, 0.15) is 30.6 Å². The summed E-state index contributed by atoms with van der Waals surface area (Å²) in [6, 6.07) is 6.03. The highest BCUT2D eigenvalue weighted by molar-refractivity contribution is 5.08. The Hall–Kier alpha value is -1.55. The number of furan rings is 1. The van der Waals surface area contributed by atoms with Crippen molar-refractivity contribution >= 4 is 0 Å². The van der Waals surface area contributed by atoms with Crippen molar-refractivity contribution in [3.8, 4) is 0 Å². The first kappa shape index (κ1) is 11.9. The van der Waals surface area contributed by atoms with Crippen LogP contribution in [0.2, 0.25) is 0 Å². The zero-order valence-corrected chi connectivity index (χ0v) is 10.4. The van der Waals surface area contributed by atoms with Crippen molar-refractivity contribution in [2.45, 2.75) is 33.4 Å². The third kappa shape index (κ3) is 3.46. The lowest BCUT2D eigenvalue weighted by molar-refractivity contribution is 0.430. The molecule has 4 heteroatoms. The Morgan fingerprint density at radius 3 is 2.82 bits per heavy atom. The first-order chi connectivity index (χ1) is 8.28. The van der Waals surface area contributed by atoms with Gasteiger partial charge < -0.3 is 9.73 Å². The van der Waals surface area contributed by atoms with Crippen LogP contribution in [0.25, 0.3) is 0 Å². The molecule has 0 radical (unpaired) electrons. The minimum Gasteiger partial charge on any atom is -0.463 e. The van der Waals surface area contributed by atoms with Crippen LogP contribution in [-0.2, 0) is 13.1 Å². The van der Waals surface area contributed by atoms with Gasteiger partial charge in [-0.05, 0) is 38.1 Å². The first-order valence-corrected chi connectivity index (χ1v) is 6.06. The van der Waals surface area contributed by atoms with Crippen molar-refractivity contribution in [3.63, 3.8) is 0 Å². The summed E-state index contributed by atoms with van der Waals surface area (Å²) in [6.45, 7) is 6.65. The van der Waals surface area contributed by atoms with E-state index in [1.165, 1.54) is 0 Å². The highest BCUT2D eigenvalue weighted by Gasteiger charge is 2.03. The van der Waals surface area contributed by atoms with Crippen molar-refractivity contribution in [2.24, 2.45) is 0 Å². The maximum Gasteiger partial charge on any atom is 0.125 e. The zero-order chi connectivity index (χ0) is 12.1. The third-order valence-electron chi connectivity index (χ3n) is 2.54. The van der Waals surface area contributed by atoms with Crippen LogP contribution < -0.4 is 5.32 Å². The Morgan fingerprint density at radius 2 is 2.12 bits per heavy atom. The summed E-state index contributed by atoms with van der Waals surface area (Å²) >= 11 is 0. The van der Waals surface area contributed by atoms with E-state index in [0.717, 1.165) is 36.7 Å². The molecular weight excluding hydrogens is 214 g/mol. The Bertz CT molecular complexity index is 459. The van der Waals surface area contributed by atoms with Crippen LogP contribution >= 0.6 is 0 Å². The van der Waals surface area contributed by atoms with Crippen molar-refractivity contribution in [1.29, 1.82) is 0 Å². The fourth-order valence-electron chi connectivity index (χ4n) is 1.70. The van der Waals surface area contributed by atoms with Gasteiger partial charge in [0.05, 0.1) is 18.8 Å². The van der Waals surface area contributed by atoms with Gasteiger partial charge in [-0.2, -0.15) is 5.10 Å². The van der Waals surface area contributed by atoms with E-state index in [2.05, 4.69) is 17.3 Å². The van der Waals surface area contributed by atoms with Crippen LogP contribution in [0.15, 0.2) is 28.8 Å². The molecule has 0 unspecified atom stereocenters. The van der Waals surface area contributed by atoms with Gasteiger partial charge in [0, 0.05) is 6.20 Å². The molecule has 0 saturated heterocycles. The van der Waals surface area contributed by atoms with E-state index >= 15 is 0 Å². The van der Waals surface area contributed by atoms with Gasteiger partial charge in [0.2, 0.25) is 0 Å². The number of rotatable bonds is 6. The lowest BCUT2D eigenvalue weighted by atomic mass is 10.4. The molecule has 0 fully saturated rings. The normalized spacial score (nSPS) is 10.9. The summed E-state index contributed by atoms with van der Waals surface area (Å²) < 4.78 is 7.61. The fraction of sp³-hybridized carbons (Fsp3) is 0.462. The van der Waals surface area contributed by atoms with Crippen LogP contribution in [0.3, 0.4) is 0 Å². The van der Waals surface area contributed by atoms with E-state index in [9.17, 15) is 0 Å². The number of aryl methyl sites for hydroxylation is 1. The van der Waals surface area contributed by atoms with Crippen molar-refractivity contribution in [2.75, 3.05) is 6.54 Å². The highest BCUT2D eigenvalue weighted by Crippen LogP contribution is 2.09. The van der Waals surface area contributed by atoms with Gasteiger partial charge in [-0.15, -0.1) is 0 Å². The van der Waals surface area contributed by atoms with Gasteiger partial charge in [0.1, 0.15) is 11.5 Å². The summed E-state index contributed by atoms with van der Waals surface area (Å²) in [6.07, 6.45) is 3.10. The molecule has 17 heavy (non-hydrogen) atoms. The maximum atomic E-state index is 5.72. The molecule has 0 aliphatic heterocycles. The minimum absolute atomic E-state index is 0.696. The SMILES string of the molecule is CCCNCc1ccc(Cn2ccc(C)n2)o1. The highest BCUT2D eigenvalue weighted by atomic mass is 16.3. The van der Waals surface area contributed by atoms with E-state index in [1.54, 1.807) is 0 Å². The molecule has 1 N–H and O–H groups in total. The zero-order valence-electron chi connectivity index (χ0n) is 10.4. The van der Waals surface area contributed by atoms with E-state index in [0.29, 0.717) is 6.54 Å². The summed E-state index contributed by atoms with van der Waals surface area (Å²) in [5.41, 5.74) is 1.03. The lowest BCUT2D eigenvalue weighted by Crippen LogP contribution is -2.13. The average molecular weight is 233 g/mol. The smallest absolute Gasteiger partial charge is 0.125 e. The lowest BCUT2D eigenvalue weighted by Gasteiger charge is -2.00. The van der Waals surface area contributed by atoms with Gasteiger partial charge >= 0.3 is 0 Å². The molecule has 0 aliphatic rings. The third-order valence-corrected chi connectivity index (χ3v) is 2.54. The van der Waals surface area contributed by atoms with Crippen LogP contribution in [-0.4, -0.2) is 16.3 Å². The van der Waals surface area contributed by atoms with Crippen molar-refractivity contribution < 1.29 is 4.42 Å².